The molecule has 14 heavy (non-hydrogen) atoms. The summed E-state index contributed by atoms with van der Waals surface area (Å²) < 4.78 is 0. The van der Waals surface area contributed by atoms with E-state index in [1.165, 1.54) is 15.6 Å². The summed E-state index contributed by atoms with van der Waals surface area (Å²) in [5.74, 6) is 0. The maximum absolute atomic E-state index is 4.42. The standard InChI is InChI=1S/C8H13NS.2C2H6/c1-4-7-6(3)9-8(5-2)10-7;2*1-2/h4-5H2,1-3H3;2*1-2H3. The van der Waals surface area contributed by atoms with Crippen LogP contribution >= 0.6 is 11.3 Å². The van der Waals surface area contributed by atoms with E-state index < -0.39 is 0 Å². The molecule has 0 fully saturated rings. The number of aryl methyl sites for hydroxylation is 3. The number of hydrogen-bond acceptors (Lipinski definition) is 2. The van der Waals surface area contributed by atoms with E-state index in [-0.39, 0.29) is 0 Å². The quantitative estimate of drug-likeness (QED) is 0.701. The Morgan fingerprint density at radius 1 is 1.00 bits per heavy atom. The molecule has 0 saturated carbocycles. The van der Waals surface area contributed by atoms with Crippen molar-refractivity contribution in [2.75, 3.05) is 0 Å². The Bertz CT molecular complexity index is 216. The molecule has 0 amide bonds. The van der Waals surface area contributed by atoms with Gasteiger partial charge in [0, 0.05) is 4.88 Å². The summed E-state index contributed by atoms with van der Waals surface area (Å²) in [5, 5.41) is 1.27. The van der Waals surface area contributed by atoms with E-state index in [0.29, 0.717) is 0 Å². The van der Waals surface area contributed by atoms with Crippen molar-refractivity contribution in [3.63, 3.8) is 0 Å². The fourth-order valence-corrected chi connectivity index (χ4v) is 1.92. The van der Waals surface area contributed by atoms with E-state index in [4.69, 9.17) is 0 Å². The zero-order chi connectivity index (χ0) is 11.6. The third-order valence-corrected chi connectivity index (χ3v) is 3.01. The molecule has 0 atom stereocenters. The largest absolute Gasteiger partial charge is 0.246 e. The van der Waals surface area contributed by atoms with Crippen molar-refractivity contribution in [2.24, 2.45) is 0 Å². The fourth-order valence-electron chi connectivity index (χ4n) is 0.968. The number of thiazole rings is 1. The van der Waals surface area contributed by atoms with E-state index in [9.17, 15) is 0 Å². The summed E-state index contributed by atoms with van der Waals surface area (Å²) in [5.41, 5.74) is 1.23. The maximum Gasteiger partial charge on any atom is 0.0928 e. The first-order chi connectivity index (χ1) is 6.77. The van der Waals surface area contributed by atoms with Gasteiger partial charge in [-0.15, -0.1) is 11.3 Å². The monoisotopic (exact) mass is 215 g/mol. The van der Waals surface area contributed by atoms with Crippen LogP contribution in [-0.2, 0) is 12.8 Å². The first kappa shape index (κ1) is 16.1. The predicted octanol–water partition coefficient (Wildman–Crippen LogP) is 4.63. The minimum atomic E-state index is 1.07. The van der Waals surface area contributed by atoms with Crippen LogP contribution in [-0.4, -0.2) is 4.98 Å². The van der Waals surface area contributed by atoms with Crippen LogP contribution in [0.25, 0.3) is 0 Å². The molecule has 1 heterocycles. The Morgan fingerprint density at radius 3 is 1.71 bits per heavy atom. The maximum atomic E-state index is 4.42. The second-order valence-electron chi connectivity index (χ2n) is 2.32. The molecular weight excluding hydrogens is 190 g/mol. The lowest BCUT2D eigenvalue weighted by Crippen LogP contribution is -1.78. The van der Waals surface area contributed by atoms with Crippen LogP contribution in [0.5, 0.6) is 0 Å². The Labute approximate surface area is 93.6 Å². The van der Waals surface area contributed by atoms with Gasteiger partial charge in [0.1, 0.15) is 0 Å². The average molecular weight is 215 g/mol. The van der Waals surface area contributed by atoms with Crippen molar-refractivity contribution < 1.29 is 0 Å². The van der Waals surface area contributed by atoms with E-state index in [1.54, 1.807) is 0 Å². The van der Waals surface area contributed by atoms with Gasteiger partial charge in [0.25, 0.3) is 0 Å². The third kappa shape index (κ3) is 5.38. The zero-order valence-electron chi connectivity index (χ0n) is 10.8. The van der Waals surface area contributed by atoms with Crippen LogP contribution < -0.4 is 0 Å². The summed E-state index contributed by atoms with van der Waals surface area (Å²) in [6.07, 6.45) is 2.20. The SMILES string of the molecule is CC.CC.CCc1nc(C)c(CC)s1. The molecule has 0 spiro atoms. The Kier molecular flexibility index (Phi) is 12.3. The first-order valence-corrected chi connectivity index (χ1v) is 6.54. The van der Waals surface area contributed by atoms with Crippen molar-refractivity contribution in [1.82, 2.24) is 4.98 Å². The van der Waals surface area contributed by atoms with E-state index >= 15 is 0 Å². The predicted molar refractivity (Wildman–Crippen MR) is 68.3 cm³/mol. The Balaban J connectivity index is 0. The minimum Gasteiger partial charge on any atom is -0.246 e. The van der Waals surface area contributed by atoms with Crippen molar-refractivity contribution in [1.29, 1.82) is 0 Å². The highest BCUT2D eigenvalue weighted by atomic mass is 32.1. The summed E-state index contributed by atoms with van der Waals surface area (Å²) in [7, 11) is 0. The average Bonchev–Trinajstić information content (AvgIpc) is 2.65. The molecule has 2 heteroatoms. The van der Waals surface area contributed by atoms with Gasteiger partial charge in [-0.25, -0.2) is 4.98 Å². The van der Waals surface area contributed by atoms with Gasteiger partial charge in [-0.1, -0.05) is 41.5 Å². The van der Waals surface area contributed by atoms with Crippen LogP contribution in [0.2, 0.25) is 0 Å². The van der Waals surface area contributed by atoms with Gasteiger partial charge in [-0.2, -0.15) is 0 Å². The molecule has 1 rings (SSSR count). The molecule has 1 aromatic heterocycles. The van der Waals surface area contributed by atoms with Gasteiger partial charge in [0.05, 0.1) is 10.7 Å². The van der Waals surface area contributed by atoms with E-state index in [0.717, 1.165) is 12.8 Å². The first-order valence-electron chi connectivity index (χ1n) is 5.73. The molecule has 1 nitrogen and oxygen atoms in total. The second kappa shape index (κ2) is 10.7. The normalized spacial score (nSPS) is 8.21. The topological polar surface area (TPSA) is 12.9 Å². The Morgan fingerprint density at radius 2 is 1.50 bits per heavy atom. The second-order valence-corrected chi connectivity index (χ2v) is 3.49. The molecule has 1 aromatic rings. The molecule has 0 radical (unpaired) electrons. The molecule has 0 aromatic carbocycles. The highest BCUT2D eigenvalue weighted by molar-refractivity contribution is 7.11. The molecule has 0 aliphatic rings. The zero-order valence-corrected chi connectivity index (χ0v) is 11.6. The minimum absolute atomic E-state index is 1.07. The summed E-state index contributed by atoms with van der Waals surface area (Å²) in [6.45, 7) is 14.4. The van der Waals surface area contributed by atoms with Crippen LogP contribution in [0.1, 0.15) is 57.1 Å². The number of nitrogens with zero attached hydrogens (tertiary/aromatic N) is 1. The van der Waals surface area contributed by atoms with Crippen LogP contribution in [0.15, 0.2) is 0 Å². The van der Waals surface area contributed by atoms with Gasteiger partial charge in [-0.05, 0) is 19.8 Å². The van der Waals surface area contributed by atoms with Gasteiger partial charge in [-0.3, -0.25) is 0 Å². The summed E-state index contributed by atoms with van der Waals surface area (Å²) in [6, 6.07) is 0. The smallest absolute Gasteiger partial charge is 0.0928 e. The third-order valence-electron chi connectivity index (χ3n) is 1.56. The van der Waals surface area contributed by atoms with Gasteiger partial charge < -0.3 is 0 Å². The Hall–Kier alpha value is -0.370. The van der Waals surface area contributed by atoms with Crippen molar-refractivity contribution in [3.8, 4) is 0 Å². The lowest BCUT2D eigenvalue weighted by atomic mass is 10.3. The summed E-state index contributed by atoms with van der Waals surface area (Å²) in [4.78, 5) is 5.86. The number of aromatic nitrogens is 1. The van der Waals surface area contributed by atoms with Crippen molar-refractivity contribution in [2.45, 2.75) is 61.3 Å². The lowest BCUT2D eigenvalue weighted by Gasteiger charge is -1.85. The van der Waals surface area contributed by atoms with Crippen molar-refractivity contribution >= 4 is 11.3 Å². The van der Waals surface area contributed by atoms with Crippen LogP contribution in [0, 0.1) is 6.92 Å². The van der Waals surface area contributed by atoms with Crippen molar-refractivity contribution in [3.05, 3.63) is 15.6 Å². The van der Waals surface area contributed by atoms with E-state index in [1.807, 2.05) is 39.0 Å². The lowest BCUT2D eigenvalue weighted by molar-refractivity contribution is 1.05. The number of rotatable bonds is 2. The highest BCUT2D eigenvalue weighted by Crippen LogP contribution is 2.18. The molecule has 0 unspecified atom stereocenters. The molecule has 0 aliphatic heterocycles. The molecule has 0 N–H and O–H groups in total. The molecule has 0 bridgehead atoms. The van der Waals surface area contributed by atoms with Gasteiger partial charge in [0.15, 0.2) is 0 Å². The fraction of sp³-hybridized carbons (Fsp3) is 0.750. The molecule has 84 valence electrons. The number of hydrogen-bond donors (Lipinski definition) is 0. The summed E-state index contributed by atoms with van der Waals surface area (Å²) >= 11 is 1.85. The van der Waals surface area contributed by atoms with E-state index in [2.05, 4.69) is 25.8 Å². The molecule has 0 saturated heterocycles. The van der Waals surface area contributed by atoms with Gasteiger partial charge in [0.2, 0.25) is 0 Å². The van der Waals surface area contributed by atoms with Crippen LogP contribution in [0.4, 0.5) is 0 Å². The molecular formula is C12H25NS. The highest BCUT2D eigenvalue weighted by Gasteiger charge is 2.02. The van der Waals surface area contributed by atoms with Crippen LogP contribution in [0.3, 0.4) is 0 Å². The van der Waals surface area contributed by atoms with Gasteiger partial charge >= 0.3 is 0 Å². The molecule has 0 aliphatic carbocycles.